The summed E-state index contributed by atoms with van der Waals surface area (Å²) in [6, 6.07) is 14.0. The molecular formula is C15H15ClN3O4S+. The van der Waals surface area contributed by atoms with Gasteiger partial charge in [-0.15, -0.1) is 4.72 Å². The molecule has 0 spiro atoms. The molecule has 2 rings (SSSR count). The van der Waals surface area contributed by atoms with Gasteiger partial charge in [0.2, 0.25) is 0 Å². The van der Waals surface area contributed by atoms with Gasteiger partial charge < -0.3 is 10.4 Å². The van der Waals surface area contributed by atoms with Crippen molar-refractivity contribution in [3.05, 3.63) is 80.6 Å². The Bertz CT molecular complexity index is 809. The monoisotopic (exact) mass is 368 g/mol. The molecule has 0 aromatic heterocycles. The van der Waals surface area contributed by atoms with Crippen molar-refractivity contribution >= 4 is 27.4 Å². The summed E-state index contributed by atoms with van der Waals surface area (Å²) in [6.07, 6.45) is 0. The van der Waals surface area contributed by atoms with E-state index in [1.165, 1.54) is 31.3 Å². The largest absolute Gasteiger partial charge is 0.528 e. The van der Waals surface area contributed by atoms with Crippen molar-refractivity contribution in [3.8, 4) is 0 Å². The summed E-state index contributed by atoms with van der Waals surface area (Å²) in [7, 11) is -2.15. The molecule has 2 aromatic rings. The fraction of sp³-hybridized carbons (Fsp3) is 0.0667. The van der Waals surface area contributed by atoms with E-state index in [0.29, 0.717) is 10.7 Å². The second kappa shape index (κ2) is 7.43. The Labute approximate surface area is 144 Å². The number of hydrogen-bond donors (Lipinski definition) is 3. The van der Waals surface area contributed by atoms with Crippen LogP contribution in [0.4, 0.5) is 5.69 Å². The van der Waals surface area contributed by atoms with E-state index in [-0.39, 0.29) is 4.90 Å². The van der Waals surface area contributed by atoms with Crippen LogP contribution in [0.25, 0.3) is 0 Å². The predicted molar refractivity (Wildman–Crippen MR) is 93.5 cm³/mol. The minimum Gasteiger partial charge on any atom is -0.486 e. The highest BCUT2D eigenvalue weighted by atomic mass is 35.5. The summed E-state index contributed by atoms with van der Waals surface area (Å²) in [5.41, 5.74) is 0.363. The number of anilines is 1. The fourth-order valence-electron chi connectivity index (χ4n) is 1.99. The molecule has 24 heavy (non-hydrogen) atoms. The maximum Gasteiger partial charge on any atom is 0.528 e. The van der Waals surface area contributed by atoms with Crippen molar-refractivity contribution in [1.29, 1.82) is 0 Å². The van der Waals surface area contributed by atoms with Crippen LogP contribution in [0.3, 0.4) is 0 Å². The Balaban J connectivity index is 2.52. The van der Waals surface area contributed by atoms with Crippen molar-refractivity contribution in [1.82, 2.24) is 4.72 Å². The second-order valence-corrected chi connectivity index (χ2v) is 7.43. The van der Waals surface area contributed by atoms with Crippen LogP contribution in [-0.4, -0.2) is 17.1 Å². The molecule has 126 valence electrons. The van der Waals surface area contributed by atoms with E-state index in [4.69, 9.17) is 11.6 Å². The number of benzene rings is 2. The van der Waals surface area contributed by atoms with Gasteiger partial charge in [0.25, 0.3) is 10.1 Å². The lowest BCUT2D eigenvalue weighted by Gasteiger charge is -2.09. The van der Waals surface area contributed by atoms with E-state index >= 15 is 0 Å². The Morgan fingerprint density at radius 1 is 1.17 bits per heavy atom. The molecule has 0 aliphatic carbocycles. The summed E-state index contributed by atoms with van der Waals surface area (Å²) >= 11 is 5.77. The first-order valence-corrected chi connectivity index (χ1v) is 8.70. The maximum absolute atomic E-state index is 13.2. The van der Waals surface area contributed by atoms with Gasteiger partial charge in [0.15, 0.2) is 4.90 Å². The Hall–Kier alpha value is -2.42. The Morgan fingerprint density at radius 2 is 1.75 bits per heavy atom. The van der Waals surface area contributed by atoms with Gasteiger partial charge >= 0.3 is 10.9 Å². The molecular weight excluding hydrogens is 354 g/mol. The molecule has 0 heterocycles. The van der Waals surface area contributed by atoms with E-state index in [2.05, 4.69) is 10.0 Å². The van der Waals surface area contributed by atoms with Crippen molar-refractivity contribution in [2.24, 2.45) is 0 Å². The molecule has 0 fully saturated rings. The first-order valence-electron chi connectivity index (χ1n) is 6.76. The zero-order chi connectivity index (χ0) is 17.7. The van der Waals surface area contributed by atoms with Crippen LogP contribution in [0.5, 0.6) is 0 Å². The van der Waals surface area contributed by atoms with Gasteiger partial charge in [-0.2, -0.15) is 0 Å². The minimum absolute atomic E-state index is 0.184. The van der Waals surface area contributed by atoms with Crippen molar-refractivity contribution < 1.29 is 14.2 Å². The predicted octanol–water partition coefficient (Wildman–Crippen LogP) is 3.41. The number of rotatable bonds is 6. The Kier molecular flexibility index (Phi) is 5.55. The van der Waals surface area contributed by atoms with E-state index in [1.54, 1.807) is 30.3 Å². The zero-order valence-corrected chi connectivity index (χ0v) is 14.2. The molecule has 0 saturated carbocycles. The second-order valence-electron chi connectivity index (χ2n) is 4.62. The molecule has 0 saturated heterocycles. The van der Waals surface area contributed by atoms with Crippen LogP contribution < -0.4 is 10.0 Å². The van der Waals surface area contributed by atoms with E-state index < -0.39 is 26.0 Å². The molecule has 3 N–H and O–H groups in total. The first-order chi connectivity index (χ1) is 11.4. The number of nitrogens with one attached hydrogen (secondary N) is 2. The average molecular weight is 369 g/mol. The standard InChI is InChI=1S/C15H14ClN3O4S/c1-17-24(23,13-5-3-2-4-6-13)15(19(21)22)14(20)18-12-9-7-11(16)8-10-12/h2-10H,1H3,(H2-,17,18,20,23)/p+1. The quantitative estimate of drug-likeness (QED) is 0.313. The van der Waals surface area contributed by atoms with Gasteiger partial charge in [-0.25, -0.2) is 0 Å². The van der Waals surface area contributed by atoms with E-state index in [0.717, 1.165) is 0 Å². The number of nitrogens with zero attached hydrogens (tertiary/aromatic N) is 1. The molecule has 1 atom stereocenters. The van der Waals surface area contributed by atoms with Gasteiger partial charge in [-0.3, -0.25) is 10.1 Å². The zero-order valence-electron chi connectivity index (χ0n) is 12.6. The van der Waals surface area contributed by atoms with Gasteiger partial charge in [-0.05, 0) is 36.4 Å². The highest BCUT2D eigenvalue weighted by molar-refractivity contribution is 8.04. The molecule has 1 unspecified atom stereocenters. The van der Waals surface area contributed by atoms with Gasteiger partial charge in [-0.1, -0.05) is 34.0 Å². The molecule has 2 aromatic carbocycles. The highest BCUT2D eigenvalue weighted by Crippen LogP contribution is 2.27. The van der Waals surface area contributed by atoms with E-state index in [1.807, 2.05) is 0 Å². The average Bonchev–Trinajstić information content (AvgIpc) is 2.57. The lowest BCUT2D eigenvalue weighted by Crippen LogP contribution is -2.34. The summed E-state index contributed by atoms with van der Waals surface area (Å²) in [5.74, 6) is -0.814. The van der Waals surface area contributed by atoms with E-state index in [9.17, 15) is 19.4 Å². The van der Waals surface area contributed by atoms with Gasteiger partial charge in [0, 0.05) is 17.8 Å². The summed E-state index contributed by atoms with van der Waals surface area (Å²) < 4.78 is 15.6. The molecule has 7 nitrogen and oxygen atoms in total. The lowest BCUT2D eigenvalue weighted by molar-refractivity contribution is -0.414. The molecule has 0 radical (unpaired) electrons. The van der Waals surface area contributed by atoms with Crippen molar-refractivity contribution in [3.63, 3.8) is 0 Å². The Morgan fingerprint density at radius 3 is 2.25 bits per heavy atom. The fourth-order valence-corrected chi connectivity index (χ4v) is 3.84. The molecule has 0 aliphatic heterocycles. The smallest absolute Gasteiger partial charge is 0.486 e. The van der Waals surface area contributed by atoms with Crippen LogP contribution in [0.2, 0.25) is 5.02 Å². The number of nitro groups is 1. The number of aliphatic hydroxyl groups excluding tert-OH is 1. The third-order valence-electron chi connectivity index (χ3n) is 3.11. The van der Waals surface area contributed by atoms with Crippen molar-refractivity contribution in [2.45, 2.75) is 4.90 Å². The number of aliphatic hydroxyl groups is 1. The number of halogens is 1. The van der Waals surface area contributed by atoms with Crippen LogP contribution in [0.15, 0.2) is 70.4 Å². The summed E-state index contributed by atoms with van der Waals surface area (Å²) in [5, 5.41) is 23.8. The highest BCUT2D eigenvalue weighted by Gasteiger charge is 2.50. The van der Waals surface area contributed by atoms with Crippen LogP contribution >= 0.6 is 11.6 Å². The minimum atomic E-state index is -3.48. The molecule has 0 aliphatic rings. The van der Waals surface area contributed by atoms with Crippen LogP contribution in [-0.2, 0) is 14.3 Å². The summed E-state index contributed by atoms with van der Waals surface area (Å²) in [6.45, 7) is 0. The van der Waals surface area contributed by atoms with Crippen LogP contribution in [0.1, 0.15) is 0 Å². The SMILES string of the molecule is CN[S+](=O)(/C(=C(\O)Nc1ccc(Cl)cc1)[N+](=O)[O-])c1ccccc1. The van der Waals surface area contributed by atoms with Gasteiger partial charge in [0.05, 0.1) is 0 Å². The first kappa shape index (κ1) is 17.9. The van der Waals surface area contributed by atoms with Crippen molar-refractivity contribution in [2.75, 3.05) is 12.4 Å². The van der Waals surface area contributed by atoms with Crippen LogP contribution in [0, 0.1) is 10.1 Å². The maximum atomic E-state index is 13.2. The summed E-state index contributed by atoms with van der Waals surface area (Å²) in [4.78, 5) is 10.8. The normalized spacial score (nSPS) is 14.4. The molecule has 0 bridgehead atoms. The lowest BCUT2D eigenvalue weighted by atomic mass is 10.3. The van der Waals surface area contributed by atoms with Gasteiger partial charge in [0.1, 0.15) is 4.92 Å². The number of hydrogen-bond acceptors (Lipinski definition) is 5. The topological polar surface area (TPSA) is 104 Å². The molecule has 0 amide bonds. The molecule has 9 heteroatoms. The third-order valence-corrected chi connectivity index (χ3v) is 5.76. The third kappa shape index (κ3) is 3.73.